The van der Waals surface area contributed by atoms with E-state index in [-0.39, 0.29) is 0 Å². The number of nitrogens with zero attached hydrogens (tertiary/aromatic N) is 2. The molecule has 2 rings (SSSR count). The van der Waals surface area contributed by atoms with Crippen molar-refractivity contribution < 1.29 is 4.74 Å². The number of rotatable bonds is 10. The Morgan fingerprint density at radius 1 is 1.17 bits per heavy atom. The van der Waals surface area contributed by atoms with E-state index in [9.17, 15) is 0 Å². The molecule has 0 radical (unpaired) electrons. The van der Waals surface area contributed by atoms with Gasteiger partial charge in [-0.1, -0.05) is 27.2 Å². The van der Waals surface area contributed by atoms with E-state index in [1.807, 2.05) is 0 Å². The standard InChI is InChI=1S/C20H40N2O/c1-5-7-17(3)16-21(4)19-14-20(15-19)23-13-10-18-8-11-22(6-2)12-9-18/h17-20H,5-16H2,1-4H3. The number of ether oxygens (including phenoxy) is 1. The summed E-state index contributed by atoms with van der Waals surface area (Å²) in [7, 11) is 2.30. The van der Waals surface area contributed by atoms with Gasteiger partial charge in [0.1, 0.15) is 0 Å². The Morgan fingerprint density at radius 2 is 1.87 bits per heavy atom. The molecule has 23 heavy (non-hydrogen) atoms. The molecule has 0 amide bonds. The Labute approximate surface area is 144 Å². The quantitative estimate of drug-likeness (QED) is 0.603. The third kappa shape index (κ3) is 6.36. The first-order chi connectivity index (χ1) is 11.1. The fourth-order valence-electron chi connectivity index (χ4n) is 4.25. The molecule has 0 bridgehead atoms. The Bertz CT molecular complexity index is 309. The van der Waals surface area contributed by atoms with Crippen LogP contribution in [0.3, 0.4) is 0 Å². The van der Waals surface area contributed by atoms with Crippen molar-refractivity contribution >= 4 is 0 Å². The lowest BCUT2D eigenvalue weighted by Crippen LogP contribution is -2.47. The third-order valence-corrected chi connectivity index (χ3v) is 6.11. The van der Waals surface area contributed by atoms with E-state index >= 15 is 0 Å². The van der Waals surface area contributed by atoms with Gasteiger partial charge in [0.15, 0.2) is 0 Å². The predicted octanol–water partition coefficient (Wildman–Crippen LogP) is 4.02. The van der Waals surface area contributed by atoms with E-state index in [2.05, 4.69) is 37.6 Å². The minimum Gasteiger partial charge on any atom is -0.378 e. The number of piperidine rings is 1. The molecule has 1 aliphatic heterocycles. The topological polar surface area (TPSA) is 15.7 Å². The predicted molar refractivity (Wildman–Crippen MR) is 98.9 cm³/mol. The highest BCUT2D eigenvalue weighted by Gasteiger charge is 2.33. The Morgan fingerprint density at radius 3 is 2.48 bits per heavy atom. The van der Waals surface area contributed by atoms with Crippen molar-refractivity contribution in [3.63, 3.8) is 0 Å². The Kier molecular flexibility index (Phi) is 8.35. The van der Waals surface area contributed by atoms with Gasteiger partial charge in [0.25, 0.3) is 0 Å². The molecule has 136 valence electrons. The maximum absolute atomic E-state index is 6.13. The van der Waals surface area contributed by atoms with Gasteiger partial charge in [-0.15, -0.1) is 0 Å². The van der Waals surface area contributed by atoms with E-state index in [4.69, 9.17) is 4.74 Å². The van der Waals surface area contributed by atoms with Crippen LogP contribution in [0.4, 0.5) is 0 Å². The summed E-state index contributed by atoms with van der Waals surface area (Å²) in [6.45, 7) is 13.0. The van der Waals surface area contributed by atoms with E-state index in [0.29, 0.717) is 6.10 Å². The molecule has 3 heteroatoms. The second-order valence-corrected chi connectivity index (χ2v) is 8.12. The van der Waals surface area contributed by atoms with Crippen molar-refractivity contribution in [2.45, 2.75) is 77.9 Å². The molecular weight excluding hydrogens is 284 g/mol. The highest BCUT2D eigenvalue weighted by atomic mass is 16.5. The maximum Gasteiger partial charge on any atom is 0.0605 e. The summed E-state index contributed by atoms with van der Waals surface area (Å²) in [5.41, 5.74) is 0. The zero-order valence-electron chi connectivity index (χ0n) is 16.1. The van der Waals surface area contributed by atoms with Gasteiger partial charge < -0.3 is 14.5 Å². The van der Waals surface area contributed by atoms with Crippen molar-refractivity contribution in [1.29, 1.82) is 0 Å². The van der Waals surface area contributed by atoms with Crippen molar-refractivity contribution in [3.05, 3.63) is 0 Å². The first kappa shape index (κ1) is 19.2. The average Bonchev–Trinajstić information content (AvgIpc) is 2.50. The lowest BCUT2D eigenvalue weighted by molar-refractivity contribution is -0.0525. The van der Waals surface area contributed by atoms with Gasteiger partial charge in [0.2, 0.25) is 0 Å². The fourth-order valence-corrected chi connectivity index (χ4v) is 4.25. The summed E-state index contributed by atoms with van der Waals surface area (Å²) in [6, 6.07) is 0.770. The molecule has 3 nitrogen and oxygen atoms in total. The van der Waals surface area contributed by atoms with Gasteiger partial charge in [0.05, 0.1) is 6.10 Å². The zero-order valence-corrected chi connectivity index (χ0v) is 16.1. The van der Waals surface area contributed by atoms with Crippen LogP contribution in [-0.2, 0) is 4.74 Å². The minimum absolute atomic E-state index is 0.541. The van der Waals surface area contributed by atoms with Crippen LogP contribution < -0.4 is 0 Å². The van der Waals surface area contributed by atoms with Crippen LogP contribution in [0.2, 0.25) is 0 Å². The van der Waals surface area contributed by atoms with Gasteiger partial charge in [-0.05, 0) is 77.0 Å². The highest BCUT2D eigenvalue weighted by Crippen LogP contribution is 2.29. The molecule has 1 saturated carbocycles. The molecule has 1 atom stereocenters. The summed E-state index contributed by atoms with van der Waals surface area (Å²) in [6.07, 6.45) is 9.75. The summed E-state index contributed by atoms with van der Waals surface area (Å²) in [4.78, 5) is 5.14. The molecular formula is C20H40N2O. The first-order valence-corrected chi connectivity index (χ1v) is 10.2. The van der Waals surface area contributed by atoms with Crippen LogP contribution in [0.1, 0.15) is 65.7 Å². The molecule has 0 aromatic carbocycles. The summed E-state index contributed by atoms with van der Waals surface area (Å²) in [5.74, 6) is 1.74. The van der Waals surface area contributed by atoms with Crippen molar-refractivity contribution in [2.24, 2.45) is 11.8 Å². The normalized spacial score (nSPS) is 28.0. The molecule has 2 aliphatic rings. The molecule has 1 unspecified atom stereocenters. The van der Waals surface area contributed by atoms with Gasteiger partial charge >= 0.3 is 0 Å². The van der Waals surface area contributed by atoms with E-state index in [1.165, 1.54) is 71.1 Å². The molecule has 0 aromatic rings. The third-order valence-electron chi connectivity index (χ3n) is 6.11. The highest BCUT2D eigenvalue weighted by molar-refractivity contribution is 4.87. The van der Waals surface area contributed by atoms with Crippen LogP contribution in [0.5, 0.6) is 0 Å². The Balaban J connectivity index is 1.50. The number of hydrogen-bond acceptors (Lipinski definition) is 3. The molecule has 1 heterocycles. The average molecular weight is 325 g/mol. The minimum atomic E-state index is 0.541. The van der Waals surface area contributed by atoms with Crippen LogP contribution >= 0.6 is 0 Å². The van der Waals surface area contributed by atoms with Gasteiger partial charge in [-0.3, -0.25) is 0 Å². The Hall–Kier alpha value is -0.120. The van der Waals surface area contributed by atoms with Gasteiger partial charge in [-0.2, -0.15) is 0 Å². The molecule has 1 aliphatic carbocycles. The van der Waals surface area contributed by atoms with Crippen LogP contribution in [0.15, 0.2) is 0 Å². The number of hydrogen-bond donors (Lipinski definition) is 0. The smallest absolute Gasteiger partial charge is 0.0605 e. The van der Waals surface area contributed by atoms with E-state index < -0.39 is 0 Å². The van der Waals surface area contributed by atoms with Crippen LogP contribution in [0.25, 0.3) is 0 Å². The van der Waals surface area contributed by atoms with Gasteiger partial charge in [-0.25, -0.2) is 0 Å². The molecule has 0 aromatic heterocycles. The lowest BCUT2D eigenvalue weighted by Gasteiger charge is -2.42. The van der Waals surface area contributed by atoms with Crippen molar-refractivity contribution in [3.8, 4) is 0 Å². The molecule has 2 fully saturated rings. The molecule has 0 spiro atoms. The first-order valence-electron chi connectivity index (χ1n) is 10.2. The SMILES string of the molecule is CCCC(C)CN(C)C1CC(OCCC2CCN(CC)CC2)C1. The summed E-state index contributed by atoms with van der Waals surface area (Å²) in [5, 5.41) is 0. The largest absolute Gasteiger partial charge is 0.378 e. The summed E-state index contributed by atoms with van der Waals surface area (Å²) < 4.78 is 6.13. The lowest BCUT2D eigenvalue weighted by atomic mass is 9.87. The van der Waals surface area contributed by atoms with Crippen LogP contribution in [-0.4, -0.2) is 61.8 Å². The monoisotopic (exact) mass is 324 g/mol. The van der Waals surface area contributed by atoms with E-state index in [1.54, 1.807) is 0 Å². The fraction of sp³-hybridized carbons (Fsp3) is 1.00. The van der Waals surface area contributed by atoms with Crippen LogP contribution in [0, 0.1) is 11.8 Å². The summed E-state index contributed by atoms with van der Waals surface area (Å²) >= 11 is 0. The molecule has 0 N–H and O–H groups in total. The number of likely N-dealkylation sites (tertiary alicyclic amines) is 1. The van der Waals surface area contributed by atoms with Crippen molar-refractivity contribution in [2.75, 3.05) is 39.8 Å². The second-order valence-electron chi connectivity index (χ2n) is 8.12. The van der Waals surface area contributed by atoms with Crippen molar-refractivity contribution in [1.82, 2.24) is 9.80 Å². The zero-order chi connectivity index (χ0) is 16.7. The molecule has 1 saturated heterocycles. The second kappa shape index (κ2) is 10.0. The maximum atomic E-state index is 6.13. The van der Waals surface area contributed by atoms with E-state index in [0.717, 1.165) is 24.5 Å². The van der Waals surface area contributed by atoms with Gasteiger partial charge in [0, 0.05) is 19.2 Å².